The summed E-state index contributed by atoms with van der Waals surface area (Å²) in [6.45, 7) is 5.85. The predicted molar refractivity (Wildman–Crippen MR) is 160 cm³/mol. The van der Waals surface area contributed by atoms with Gasteiger partial charge < -0.3 is 19.5 Å². The lowest BCUT2D eigenvalue weighted by Gasteiger charge is -2.30. The van der Waals surface area contributed by atoms with Gasteiger partial charge in [-0.05, 0) is 61.9 Å². The van der Waals surface area contributed by atoms with E-state index in [2.05, 4.69) is 40.6 Å². The van der Waals surface area contributed by atoms with Crippen molar-refractivity contribution >= 4 is 17.6 Å². The first-order valence-corrected chi connectivity index (χ1v) is 14.1. The van der Waals surface area contributed by atoms with Crippen LogP contribution < -0.4 is 5.32 Å². The molecule has 0 fully saturated rings. The van der Waals surface area contributed by atoms with Gasteiger partial charge in [0.2, 0.25) is 0 Å². The highest BCUT2D eigenvalue weighted by Gasteiger charge is 2.38. The smallest absolute Gasteiger partial charge is 0.336 e. The normalized spacial score (nSPS) is 14.7. The van der Waals surface area contributed by atoms with Crippen molar-refractivity contribution in [2.75, 3.05) is 26.4 Å². The highest BCUT2D eigenvalue weighted by Crippen LogP contribution is 2.40. The molecule has 10 heteroatoms. The van der Waals surface area contributed by atoms with Gasteiger partial charge in [0, 0.05) is 35.9 Å². The number of allylic oxidation sites excluding steroid dienone is 2. The second-order valence-electron chi connectivity index (χ2n) is 10.1. The molecule has 1 atom stereocenters. The van der Waals surface area contributed by atoms with Gasteiger partial charge >= 0.3 is 11.9 Å². The van der Waals surface area contributed by atoms with Crippen LogP contribution in [-0.4, -0.2) is 48.3 Å². The Hall–Kier alpha value is -4.83. The zero-order valence-electron chi connectivity index (χ0n) is 24.5. The van der Waals surface area contributed by atoms with Gasteiger partial charge in [-0.3, -0.25) is 15.1 Å². The first-order valence-electron chi connectivity index (χ1n) is 14.1. The molecule has 43 heavy (non-hydrogen) atoms. The Morgan fingerprint density at radius 3 is 2.23 bits per heavy atom. The number of hydrogen-bond donors (Lipinski definition) is 1. The Kier molecular flexibility index (Phi) is 10.8. The van der Waals surface area contributed by atoms with Gasteiger partial charge in [0.25, 0.3) is 5.69 Å². The van der Waals surface area contributed by atoms with E-state index >= 15 is 0 Å². The average molecular weight is 586 g/mol. The third kappa shape index (κ3) is 8.14. The summed E-state index contributed by atoms with van der Waals surface area (Å²) in [6, 6.07) is 18.2. The highest BCUT2D eigenvalue weighted by atomic mass is 16.6. The third-order valence-corrected chi connectivity index (χ3v) is 7.04. The maximum Gasteiger partial charge on any atom is 0.336 e. The van der Waals surface area contributed by atoms with E-state index in [0.29, 0.717) is 30.0 Å². The highest BCUT2D eigenvalue weighted by molar-refractivity contribution is 6.00. The van der Waals surface area contributed by atoms with Crippen LogP contribution in [0.1, 0.15) is 48.9 Å². The molecule has 10 nitrogen and oxygen atoms in total. The van der Waals surface area contributed by atoms with E-state index in [0.717, 1.165) is 17.5 Å². The minimum atomic E-state index is -0.908. The number of esters is 2. The fraction of sp³-hybridized carbons (Fsp3) is 0.303. The molecule has 1 unspecified atom stereocenters. The van der Waals surface area contributed by atoms with Crippen LogP contribution in [0.5, 0.6) is 0 Å². The molecule has 2 aromatic carbocycles. The standard InChI is InChI=1S/C33H35N3O7/c1-4-42-32(37)29-22(2)35-23(3)30(31(29)27-8-5-9-28(20-27)36(39)40)33(38)43-18-17-41-16-14-24-10-12-25(13-11-24)19-26-7-6-15-34-21-26/h5-13,15,20-21,31,35H,4,14,16-19H2,1-3H3. The Balaban J connectivity index is 1.35. The molecule has 1 N–H and O–H groups in total. The van der Waals surface area contributed by atoms with E-state index in [1.165, 1.54) is 23.8 Å². The van der Waals surface area contributed by atoms with Crippen molar-refractivity contribution in [3.8, 4) is 0 Å². The fourth-order valence-electron chi connectivity index (χ4n) is 5.02. The van der Waals surface area contributed by atoms with Gasteiger partial charge in [0.05, 0.1) is 41.8 Å². The van der Waals surface area contributed by atoms with Gasteiger partial charge in [-0.2, -0.15) is 0 Å². The van der Waals surface area contributed by atoms with Crippen molar-refractivity contribution in [1.82, 2.24) is 10.3 Å². The van der Waals surface area contributed by atoms with E-state index in [1.54, 1.807) is 33.0 Å². The van der Waals surface area contributed by atoms with Gasteiger partial charge in [0.1, 0.15) is 6.61 Å². The number of non-ortho nitro benzene ring substituents is 1. The molecule has 0 bridgehead atoms. The topological polar surface area (TPSA) is 130 Å². The summed E-state index contributed by atoms with van der Waals surface area (Å²) >= 11 is 0. The number of nitrogens with one attached hydrogen (secondary N) is 1. The van der Waals surface area contributed by atoms with Crippen molar-refractivity contribution in [1.29, 1.82) is 0 Å². The molecular weight excluding hydrogens is 550 g/mol. The number of aromatic nitrogens is 1. The van der Waals surface area contributed by atoms with Gasteiger partial charge in [-0.1, -0.05) is 42.5 Å². The molecule has 0 amide bonds. The molecule has 224 valence electrons. The molecule has 1 aromatic heterocycles. The number of ether oxygens (including phenoxy) is 3. The predicted octanol–water partition coefficient (Wildman–Crippen LogP) is 5.18. The molecule has 4 rings (SSSR count). The SMILES string of the molecule is CCOC(=O)C1=C(C)NC(C)=C(C(=O)OCCOCCc2ccc(Cc3cccnc3)cc2)C1c1cccc([N+](=O)[O-])c1. The number of nitro benzene ring substituents is 1. The van der Waals surface area contributed by atoms with Crippen molar-refractivity contribution in [2.45, 2.75) is 39.5 Å². The number of hydrogen-bond acceptors (Lipinski definition) is 9. The van der Waals surface area contributed by atoms with Gasteiger partial charge in [0.15, 0.2) is 0 Å². The van der Waals surface area contributed by atoms with Crippen LogP contribution in [0.15, 0.2) is 95.6 Å². The summed E-state index contributed by atoms with van der Waals surface area (Å²) in [5.41, 5.74) is 5.11. The lowest BCUT2D eigenvalue weighted by Crippen LogP contribution is -2.32. The van der Waals surface area contributed by atoms with Crippen LogP contribution in [0, 0.1) is 10.1 Å². The molecule has 3 aromatic rings. The van der Waals surface area contributed by atoms with E-state index in [9.17, 15) is 19.7 Å². The number of carbonyl (C=O) groups excluding carboxylic acids is 2. The molecule has 2 heterocycles. The number of nitrogens with zero attached hydrogens (tertiary/aromatic N) is 2. The summed E-state index contributed by atoms with van der Waals surface area (Å²) in [5, 5.41) is 14.5. The first-order chi connectivity index (χ1) is 20.8. The molecular formula is C33H35N3O7. The van der Waals surface area contributed by atoms with Crippen LogP contribution in [0.4, 0.5) is 5.69 Å². The number of nitro groups is 1. The molecule has 1 aliphatic rings. The third-order valence-electron chi connectivity index (χ3n) is 7.04. The molecule has 0 aliphatic carbocycles. The second kappa shape index (κ2) is 14.9. The van der Waals surface area contributed by atoms with Gasteiger partial charge in [-0.25, -0.2) is 9.59 Å². The molecule has 0 spiro atoms. The molecule has 0 radical (unpaired) electrons. The Bertz CT molecular complexity index is 1510. The number of benzene rings is 2. The first kappa shape index (κ1) is 31.1. The van der Waals surface area contributed by atoms with E-state index in [1.807, 2.05) is 12.3 Å². The zero-order chi connectivity index (χ0) is 30.8. The minimum absolute atomic E-state index is 0.00123. The van der Waals surface area contributed by atoms with Crippen molar-refractivity contribution in [2.24, 2.45) is 0 Å². The minimum Gasteiger partial charge on any atom is -0.463 e. The maximum absolute atomic E-state index is 13.4. The molecule has 0 saturated carbocycles. The Labute approximate surface area is 250 Å². The quantitative estimate of drug-likeness (QED) is 0.125. The largest absolute Gasteiger partial charge is 0.463 e. The number of carbonyl (C=O) groups is 2. The van der Waals surface area contributed by atoms with E-state index in [-0.39, 0.29) is 36.7 Å². The van der Waals surface area contributed by atoms with Crippen LogP contribution in [0.3, 0.4) is 0 Å². The van der Waals surface area contributed by atoms with Crippen molar-refractivity contribution < 1.29 is 28.7 Å². The van der Waals surface area contributed by atoms with Crippen molar-refractivity contribution in [3.05, 3.63) is 128 Å². The van der Waals surface area contributed by atoms with Crippen LogP contribution in [0.25, 0.3) is 0 Å². The fourth-order valence-corrected chi connectivity index (χ4v) is 5.02. The van der Waals surface area contributed by atoms with Crippen LogP contribution in [0.2, 0.25) is 0 Å². The lowest BCUT2D eigenvalue weighted by atomic mass is 9.80. The molecule has 1 aliphatic heterocycles. The second-order valence-corrected chi connectivity index (χ2v) is 10.1. The van der Waals surface area contributed by atoms with Gasteiger partial charge in [-0.15, -0.1) is 0 Å². The van der Waals surface area contributed by atoms with Crippen LogP contribution in [-0.2, 0) is 36.6 Å². The number of dihydropyridines is 1. The number of pyridine rings is 1. The van der Waals surface area contributed by atoms with Crippen LogP contribution >= 0.6 is 0 Å². The van der Waals surface area contributed by atoms with Crippen molar-refractivity contribution in [3.63, 3.8) is 0 Å². The summed E-state index contributed by atoms with van der Waals surface area (Å²) in [5.74, 6) is -2.17. The summed E-state index contributed by atoms with van der Waals surface area (Å²) in [7, 11) is 0. The Morgan fingerprint density at radius 2 is 1.58 bits per heavy atom. The average Bonchev–Trinajstić information content (AvgIpc) is 3.00. The van der Waals surface area contributed by atoms with E-state index in [4.69, 9.17) is 14.2 Å². The summed E-state index contributed by atoms with van der Waals surface area (Å²) < 4.78 is 16.5. The summed E-state index contributed by atoms with van der Waals surface area (Å²) in [4.78, 5) is 41.5. The lowest BCUT2D eigenvalue weighted by molar-refractivity contribution is -0.384. The Morgan fingerprint density at radius 1 is 0.884 bits per heavy atom. The van der Waals surface area contributed by atoms with E-state index < -0.39 is 22.8 Å². The zero-order valence-corrected chi connectivity index (χ0v) is 24.5. The number of rotatable bonds is 13. The monoisotopic (exact) mass is 585 g/mol. The molecule has 0 saturated heterocycles. The summed E-state index contributed by atoms with van der Waals surface area (Å²) in [6.07, 6.45) is 5.15. The maximum atomic E-state index is 13.4.